The van der Waals surface area contributed by atoms with Crippen molar-refractivity contribution in [2.24, 2.45) is 5.92 Å². The topological polar surface area (TPSA) is 49.9 Å². The zero-order valence-electron chi connectivity index (χ0n) is 16.2. The molecule has 0 radical (unpaired) electrons. The van der Waals surface area contributed by atoms with E-state index in [1.165, 1.54) is 16.9 Å². The lowest BCUT2D eigenvalue weighted by atomic mass is 9.94. The van der Waals surface area contributed by atoms with E-state index in [9.17, 15) is 9.59 Å². The first-order chi connectivity index (χ1) is 13.6. The molecule has 0 atom stereocenters. The minimum Gasteiger partial charge on any atom is -0.378 e. The Bertz CT molecular complexity index is 832. The highest BCUT2D eigenvalue weighted by molar-refractivity contribution is 7.12. The monoisotopic (exact) mass is 398 g/mol. The van der Waals surface area contributed by atoms with Crippen molar-refractivity contribution in [2.45, 2.75) is 19.8 Å². The van der Waals surface area contributed by atoms with Crippen LogP contribution in [0.2, 0.25) is 0 Å². The second kappa shape index (κ2) is 8.45. The van der Waals surface area contributed by atoms with Crippen LogP contribution in [0.15, 0.2) is 35.7 Å². The first-order valence-corrected chi connectivity index (χ1v) is 10.8. The number of likely N-dealkylation sites (tertiary alicyclic amines) is 1. The highest BCUT2D eigenvalue weighted by Gasteiger charge is 2.32. The molecule has 5 nitrogen and oxygen atoms in total. The summed E-state index contributed by atoms with van der Waals surface area (Å²) in [6.45, 7) is 5.98. The molecule has 0 N–H and O–H groups in total. The number of thiophene rings is 1. The summed E-state index contributed by atoms with van der Waals surface area (Å²) < 4.78 is 5.34. The second-order valence-corrected chi connectivity index (χ2v) is 8.45. The van der Waals surface area contributed by atoms with Crippen LogP contribution in [-0.2, 0) is 9.53 Å². The summed E-state index contributed by atoms with van der Waals surface area (Å²) in [5.74, 6) is 0.344. The zero-order chi connectivity index (χ0) is 19.5. The average Bonchev–Trinajstić information content (AvgIpc) is 3.24. The zero-order valence-corrected chi connectivity index (χ0v) is 17.0. The van der Waals surface area contributed by atoms with Crippen molar-refractivity contribution < 1.29 is 14.3 Å². The number of carbonyl (C=O) groups excluding carboxylic acids is 2. The number of piperidine rings is 1. The van der Waals surface area contributed by atoms with Crippen LogP contribution >= 0.6 is 11.3 Å². The lowest BCUT2D eigenvalue weighted by Gasteiger charge is -2.35. The van der Waals surface area contributed by atoms with Gasteiger partial charge >= 0.3 is 0 Å². The predicted molar refractivity (Wildman–Crippen MR) is 111 cm³/mol. The van der Waals surface area contributed by atoms with E-state index < -0.39 is 0 Å². The van der Waals surface area contributed by atoms with E-state index in [2.05, 4.69) is 31.2 Å². The van der Waals surface area contributed by atoms with Crippen molar-refractivity contribution in [3.05, 3.63) is 46.2 Å². The molecule has 2 aliphatic heterocycles. The molecular formula is C22H26N2O3S. The molecule has 0 aliphatic carbocycles. The lowest BCUT2D eigenvalue weighted by Crippen LogP contribution is -2.47. The van der Waals surface area contributed by atoms with Crippen LogP contribution < -0.4 is 0 Å². The number of carbonyl (C=O) groups is 2. The normalized spacial score (nSPS) is 18.3. The molecule has 0 spiro atoms. The van der Waals surface area contributed by atoms with E-state index in [0.29, 0.717) is 39.4 Å². The van der Waals surface area contributed by atoms with Gasteiger partial charge in [0.2, 0.25) is 5.91 Å². The summed E-state index contributed by atoms with van der Waals surface area (Å²) >= 11 is 1.50. The van der Waals surface area contributed by atoms with Gasteiger partial charge in [-0.1, -0.05) is 29.8 Å². The molecule has 1 aromatic carbocycles. The molecule has 2 saturated heterocycles. The largest absolute Gasteiger partial charge is 0.378 e. The van der Waals surface area contributed by atoms with Gasteiger partial charge in [-0.15, -0.1) is 11.3 Å². The van der Waals surface area contributed by atoms with Gasteiger partial charge in [0.25, 0.3) is 5.91 Å². The van der Waals surface area contributed by atoms with Crippen molar-refractivity contribution in [1.29, 1.82) is 0 Å². The third-order valence-corrected chi connectivity index (χ3v) is 6.58. The first-order valence-electron chi connectivity index (χ1n) is 9.94. The average molecular weight is 399 g/mol. The molecule has 28 heavy (non-hydrogen) atoms. The van der Waals surface area contributed by atoms with Crippen LogP contribution in [-0.4, -0.2) is 61.0 Å². The van der Waals surface area contributed by atoms with Crippen molar-refractivity contribution >= 4 is 23.2 Å². The Balaban J connectivity index is 1.40. The Kier molecular flexibility index (Phi) is 5.78. The lowest BCUT2D eigenvalue weighted by molar-refractivity contribution is -0.141. The van der Waals surface area contributed by atoms with Crippen LogP contribution in [0, 0.1) is 12.8 Å². The Morgan fingerprint density at radius 2 is 1.64 bits per heavy atom. The van der Waals surface area contributed by atoms with Crippen LogP contribution in [0.5, 0.6) is 0 Å². The van der Waals surface area contributed by atoms with Gasteiger partial charge in [0.15, 0.2) is 0 Å². The highest BCUT2D eigenvalue weighted by atomic mass is 32.1. The van der Waals surface area contributed by atoms with Crippen molar-refractivity contribution in [1.82, 2.24) is 9.80 Å². The van der Waals surface area contributed by atoms with E-state index in [-0.39, 0.29) is 17.7 Å². The van der Waals surface area contributed by atoms with E-state index in [1.54, 1.807) is 0 Å². The van der Waals surface area contributed by atoms with Gasteiger partial charge in [-0.25, -0.2) is 0 Å². The van der Waals surface area contributed by atoms with Gasteiger partial charge in [0, 0.05) is 37.7 Å². The molecule has 0 unspecified atom stereocenters. The van der Waals surface area contributed by atoms with Gasteiger partial charge in [-0.2, -0.15) is 0 Å². The Labute approximate surface area is 169 Å². The SMILES string of the molecule is Cc1ccc(-c2ccsc2C(=O)N2CCC(C(=O)N3CCOCC3)CC2)cc1. The van der Waals surface area contributed by atoms with Crippen LogP contribution in [0.4, 0.5) is 0 Å². The van der Waals surface area contributed by atoms with E-state index in [4.69, 9.17) is 4.74 Å². The van der Waals surface area contributed by atoms with Gasteiger partial charge in [-0.05, 0) is 36.8 Å². The fourth-order valence-electron chi connectivity index (χ4n) is 3.95. The summed E-state index contributed by atoms with van der Waals surface area (Å²) in [4.78, 5) is 30.4. The van der Waals surface area contributed by atoms with Crippen LogP contribution in [0.1, 0.15) is 28.1 Å². The standard InChI is InChI=1S/C22H26N2O3S/c1-16-2-4-17(5-3-16)19-8-15-28-20(19)22(26)23-9-6-18(7-10-23)21(25)24-11-13-27-14-12-24/h2-5,8,15,18H,6-7,9-14H2,1H3. The number of aryl methyl sites for hydroxylation is 1. The molecule has 1 aromatic heterocycles. The predicted octanol–water partition coefficient (Wildman–Crippen LogP) is 3.43. The van der Waals surface area contributed by atoms with Crippen molar-refractivity contribution in [3.8, 4) is 11.1 Å². The summed E-state index contributed by atoms with van der Waals surface area (Å²) in [5.41, 5.74) is 3.29. The fourth-order valence-corrected chi connectivity index (χ4v) is 4.83. The number of hydrogen-bond acceptors (Lipinski definition) is 4. The fraction of sp³-hybridized carbons (Fsp3) is 0.455. The molecule has 0 bridgehead atoms. The smallest absolute Gasteiger partial charge is 0.264 e. The number of morpholine rings is 1. The maximum atomic E-state index is 13.1. The number of amides is 2. The number of nitrogens with zero attached hydrogens (tertiary/aromatic N) is 2. The summed E-state index contributed by atoms with van der Waals surface area (Å²) in [7, 11) is 0. The minimum atomic E-state index is 0.0297. The Morgan fingerprint density at radius 3 is 2.32 bits per heavy atom. The van der Waals surface area contributed by atoms with Crippen molar-refractivity contribution in [3.63, 3.8) is 0 Å². The van der Waals surface area contributed by atoms with Crippen LogP contribution in [0.3, 0.4) is 0 Å². The van der Waals surface area contributed by atoms with Crippen LogP contribution in [0.25, 0.3) is 11.1 Å². The maximum absolute atomic E-state index is 13.1. The molecule has 2 aromatic rings. The quantitative estimate of drug-likeness (QED) is 0.796. The molecule has 4 rings (SSSR count). The molecule has 2 aliphatic rings. The van der Waals surface area contributed by atoms with E-state index in [0.717, 1.165) is 28.8 Å². The number of benzene rings is 1. The van der Waals surface area contributed by atoms with Gasteiger partial charge < -0.3 is 14.5 Å². The second-order valence-electron chi connectivity index (χ2n) is 7.53. The Hall–Kier alpha value is -2.18. The summed E-state index contributed by atoms with van der Waals surface area (Å²) in [5, 5.41) is 1.98. The summed E-state index contributed by atoms with van der Waals surface area (Å²) in [6.07, 6.45) is 1.49. The van der Waals surface area contributed by atoms with Gasteiger partial charge in [0.05, 0.1) is 18.1 Å². The molecule has 2 fully saturated rings. The number of ether oxygens (including phenoxy) is 1. The third-order valence-electron chi connectivity index (χ3n) is 5.68. The molecule has 6 heteroatoms. The Morgan fingerprint density at radius 1 is 0.964 bits per heavy atom. The van der Waals surface area contributed by atoms with Gasteiger partial charge in [0.1, 0.15) is 0 Å². The molecular weight excluding hydrogens is 372 g/mol. The highest BCUT2D eigenvalue weighted by Crippen LogP contribution is 2.31. The molecule has 2 amide bonds. The maximum Gasteiger partial charge on any atom is 0.264 e. The molecule has 3 heterocycles. The van der Waals surface area contributed by atoms with Crippen molar-refractivity contribution in [2.75, 3.05) is 39.4 Å². The van der Waals surface area contributed by atoms with E-state index >= 15 is 0 Å². The van der Waals surface area contributed by atoms with Gasteiger partial charge in [-0.3, -0.25) is 9.59 Å². The third kappa shape index (κ3) is 3.98. The first kappa shape index (κ1) is 19.2. The minimum absolute atomic E-state index is 0.0297. The molecule has 148 valence electrons. The number of rotatable bonds is 3. The van der Waals surface area contributed by atoms with E-state index in [1.807, 2.05) is 21.2 Å². The number of hydrogen-bond donors (Lipinski definition) is 0. The molecule has 0 saturated carbocycles. The summed E-state index contributed by atoms with van der Waals surface area (Å²) in [6, 6.07) is 10.3.